The average molecular weight is 1010 g/mol. The molecule has 1 unspecified atom stereocenters. The second kappa shape index (κ2) is 61.2. The van der Waals surface area contributed by atoms with E-state index in [1.165, 1.54) is 225 Å². The van der Waals surface area contributed by atoms with E-state index in [9.17, 15) is 14.4 Å². The summed E-state index contributed by atoms with van der Waals surface area (Å²) in [6.07, 6.45) is 74.5. The van der Waals surface area contributed by atoms with Crippen LogP contribution in [0.15, 0.2) is 36.5 Å². The summed E-state index contributed by atoms with van der Waals surface area (Å²) in [7, 11) is 0. The van der Waals surface area contributed by atoms with Crippen LogP contribution in [0.3, 0.4) is 0 Å². The van der Waals surface area contributed by atoms with Crippen LogP contribution in [0.5, 0.6) is 0 Å². The summed E-state index contributed by atoms with van der Waals surface area (Å²) in [5, 5.41) is 0. The highest BCUT2D eigenvalue weighted by molar-refractivity contribution is 5.71. The van der Waals surface area contributed by atoms with Crippen molar-refractivity contribution < 1.29 is 28.6 Å². The number of carbonyl (C=O) groups excluding carboxylic acids is 3. The maximum atomic E-state index is 12.9. The molecule has 1 atom stereocenters. The van der Waals surface area contributed by atoms with Crippen molar-refractivity contribution in [2.45, 2.75) is 354 Å². The summed E-state index contributed by atoms with van der Waals surface area (Å²) in [6, 6.07) is 0. The Hall–Kier alpha value is -2.37. The molecule has 0 spiro atoms. The van der Waals surface area contributed by atoms with E-state index >= 15 is 0 Å². The van der Waals surface area contributed by atoms with Gasteiger partial charge in [-0.15, -0.1) is 0 Å². The fraction of sp³-hybridized carbons (Fsp3) is 0.864. The lowest BCUT2D eigenvalue weighted by Crippen LogP contribution is -2.30. The van der Waals surface area contributed by atoms with Crippen LogP contribution in [-0.2, 0) is 28.6 Å². The zero-order valence-electron chi connectivity index (χ0n) is 48.5. The molecule has 0 saturated carbocycles. The summed E-state index contributed by atoms with van der Waals surface area (Å²) in [5.41, 5.74) is 0. The normalized spacial score (nSPS) is 12.2. The molecule has 72 heavy (non-hydrogen) atoms. The smallest absolute Gasteiger partial charge is 0.306 e. The number of esters is 3. The summed E-state index contributed by atoms with van der Waals surface area (Å²) >= 11 is 0. The Bertz CT molecular complexity index is 1210. The van der Waals surface area contributed by atoms with Crippen molar-refractivity contribution in [2.75, 3.05) is 13.2 Å². The summed E-state index contributed by atoms with van der Waals surface area (Å²) in [6.45, 7) is 6.57. The molecular weight excluding hydrogens is 889 g/mol. The average Bonchev–Trinajstić information content (AvgIpc) is 3.38. The van der Waals surface area contributed by atoms with E-state index in [-0.39, 0.29) is 31.1 Å². The molecule has 0 fully saturated rings. The Kier molecular flexibility index (Phi) is 59.2. The summed E-state index contributed by atoms with van der Waals surface area (Å²) < 4.78 is 16.9. The van der Waals surface area contributed by atoms with Crippen molar-refractivity contribution in [3.8, 4) is 0 Å². The summed E-state index contributed by atoms with van der Waals surface area (Å²) in [5.74, 6) is -0.882. The molecule has 0 aliphatic carbocycles. The molecule has 422 valence electrons. The van der Waals surface area contributed by atoms with Gasteiger partial charge < -0.3 is 14.2 Å². The first kappa shape index (κ1) is 69.6. The molecule has 0 amide bonds. The van der Waals surface area contributed by atoms with Gasteiger partial charge in [0.25, 0.3) is 0 Å². The molecule has 0 saturated heterocycles. The van der Waals surface area contributed by atoms with Gasteiger partial charge in [0.2, 0.25) is 0 Å². The van der Waals surface area contributed by atoms with Crippen molar-refractivity contribution in [2.24, 2.45) is 0 Å². The predicted octanol–water partition coefficient (Wildman–Crippen LogP) is 21.6. The highest BCUT2D eigenvalue weighted by atomic mass is 16.6. The molecule has 0 bridgehead atoms. The van der Waals surface area contributed by atoms with Crippen LogP contribution in [-0.4, -0.2) is 37.2 Å². The van der Waals surface area contributed by atoms with Crippen LogP contribution in [0, 0.1) is 0 Å². The number of ether oxygens (including phenoxy) is 3. The van der Waals surface area contributed by atoms with Gasteiger partial charge in [-0.1, -0.05) is 314 Å². The minimum Gasteiger partial charge on any atom is -0.462 e. The number of rotatable bonds is 59. The predicted molar refractivity (Wildman–Crippen MR) is 312 cm³/mol. The third kappa shape index (κ3) is 58.5. The largest absolute Gasteiger partial charge is 0.462 e. The fourth-order valence-corrected chi connectivity index (χ4v) is 9.64. The van der Waals surface area contributed by atoms with E-state index in [0.717, 1.165) is 83.5 Å². The SMILES string of the molecule is CC/C=C\C/C=C\C/C=C\CCCCCC(=O)OCC(COC(=O)CCCCCCCCCCCCCCCCCCCCCCCC)OC(=O)CCCCCCCCCCCCCCCCCCCCC. The minimum atomic E-state index is -0.780. The second-order valence-electron chi connectivity index (χ2n) is 21.7. The lowest BCUT2D eigenvalue weighted by molar-refractivity contribution is -0.167. The Morgan fingerprint density at radius 3 is 0.847 bits per heavy atom. The van der Waals surface area contributed by atoms with Crippen LogP contribution < -0.4 is 0 Å². The van der Waals surface area contributed by atoms with Gasteiger partial charge in [-0.05, 0) is 51.4 Å². The van der Waals surface area contributed by atoms with Gasteiger partial charge >= 0.3 is 17.9 Å². The van der Waals surface area contributed by atoms with Crippen LogP contribution in [0.1, 0.15) is 348 Å². The molecule has 0 aliphatic rings. The first-order chi connectivity index (χ1) is 35.5. The lowest BCUT2D eigenvalue weighted by atomic mass is 10.0. The molecule has 6 nitrogen and oxygen atoms in total. The highest BCUT2D eigenvalue weighted by Gasteiger charge is 2.19. The molecule has 0 aromatic heterocycles. The van der Waals surface area contributed by atoms with Crippen LogP contribution in [0.25, 0.3) is 0 Å². The number of carbonyl (C=O) groups is 3. The van der Waals surface area contributed by atoms with Crippen molar-refractivity contribution in [1.29, 1.82) is 0 Å². The van der Waals surface area contributed by atoms with Gasteiger partial charge in [-0.25, -0.2) is 0 Å². The molecule has 0 aromatic rings. The van der Waals surface area contributed by atoms with Crippen LogP contribution >= 0.6 is 0 Å². The number of allylic oxidation sites excluding steroid dienone is 6. The third-order valence-corrected chi connectivity index (χ3v) is 14.4. The Morgan fingerprint density at radius 1 is 0.292 bits per heavy atom. The minimum absolute atomic E-state index is 0.0761. The van der Waals surface area contributed by atoms with Crippen LogP contribution in [0.2, 0.25) is 0 Å². The zero-order valence-corrected chi connectivity index (χ0v) is 48.5. The van der Waals surface area contributed by atoms with Gasteiger partial charge in [0.05, 0.1) is 0 Å². The molecule has 0 heterocycles. The van der Waals surface area contributed by atoms with E-state index in [1.54, 1.807) is 0 Å². The number of hydrogen-bond donors (Lipinski definition) is 0. The molecular formula is C66H122O6. The second-order valence-corrected chi connectivity index (χ2v) is 21.7. The number of hydrogen-bond acceptors (Lipinski definition) is 6. The molecule has 0 N–H and O–H groups in total. The quantitative estimate of drug-likeness (QED) is 0.0261. The van der Waals surface area contributed by atoms with E-state index in [1.807, 2.05) is 0 Å². The molecule has 0 radical (unpaired) electrons. The van der Waals surface area contributed by atoms with Gasteiger partial charge in [0, 0.05) is 19.3 Å². The van der Waals surface area contributed by atoms with Crippen LogP contribution in [0.4, 0.5) is 0 Å². The van der Waals surface area contributed by atoms with Gasteiger partial charge in [-0.2, -0.15) is 0 Å². The van der Waals surface area contributed by atoms with Gasteiger partial charge in [0.15, 0.2) is 6.10 Å². The lowest BCUT2D eigenvalue weighted by Gasteiger charge is -2.18. The molecule has 6 heteroatoms. The Labute approximate surface area is 448 Å². The van der Waals surface area contributed by atoms with Crippen molar-refractivity contribution >= 4 is 17.9 Å². The monoisotopic (exact) mass is 1010 g/mol. The first-order valence-corrected chi connectivity index (χ1v) is 32.0. The highest BCUT2D eigenvalue weighted by Crippen LogP contribution is 2.18. The summed E-state index contributed by atoms with van der Waals surface area (Å²) in [4.78, 5) is 38.3. The first-order valence-electron chi connectivity index (χ1n) is 32.0. The van der Waals surface area contributed by atoms with Crippen molar-refractivity contribution in [1.82, 2.24) is 0 Å². The topological polar surface area (TPSA) is 78.9 Å². The Morgan fingerprint density at radius 2 is 0.542 bits per heavy atom. The maximum absolute atomic E-state index is 12.9. The van der Waals surface area contributed by atoms with Crippen molar-refractivity contribution in [3.05, 3.63) is 36.5 Å². The van der Waals surface area contributed by atoms with E-state index in [0.29, 0.717) is 19.3 Å². The van der Waals surface area contributed by atoms with E-state index < -0.39 is 6.10 Å². The third-order valence-electron chi connectivity index (χ3n) is 14.4. The standard InChI is InChI=1S/C66H122O6/c1-4-7-10-13-16-19-22-25-27-29-31-32-33-35-36-38-41-44-47-50-53-56-59-65(68)71-62-63(61-70-64(67)58-55-52-49-46-43-40-24-21-18-15-12-9-6-3)72-66(69)60-57-54-51-48-45-42-39-37-34-30-28-26-23-20-17-14-11-8-5-2/h9,12,18,21,40,43,63H,4-8,10-11,13-17,19-20,22-39,41-42,44-62H2,1-3H3/b12-9-,21-18-,43-40-. The molecule has 0 aromatic carbocycles. The van der Waals surface area contributed by atoms with E-state index in [4.69, 9.17) is 14.2 Å². The maximum Gasteiger partial charge on any atom is 0.306 e. The Balaban J connectivity index is 4.27. The number of unbranched alkanes of at least 4 members (excludes halogenated alkanes) is 42. The molecule has 0 aliphatic heterocycles. The van der Waals surface area contributed by atoms with E-state index in [2.05, 4.69) is 57.2 Å². The van der Waals surface area contributed by atoms with Gasteiger partial charge in [-0.3, -0.25) is 14.4 Å². The van der Waals surface area contributed by atoms with Gasteiger partial charge in [0.1, 0.15) is 13.2 Å². The van der Waals surface area contributed by atoms with Crippen molar-refractivity contribution in [3.63, 3.8) is 0 Å². The molecule has 0 rings (SSSR count). The fourth-order valence-electron chi connectivity index (χ4n) is 9.64. The zero-order chi connectivity index (χ0) is 52.2.